The summed E-state index contributed by atoms with van der Waals surface area (Å²) in [6.07, 6.45) is 4.72. The van der Waals surface area contributed by atoms with Crippen molar-refractivity contribution in [3.63, 3.8) is 0 Å². The minimum absolute atomic E-state index is 0.310. The van der Waals surface area contributed by atoms with Gasteiger partial charge in [-0.25, -0.2) is 5.43 Å². The van der Waals surface area contributed by atoms with Crippen LogP contribution in [0.2, 0.25) is 5.02 Å². The molecule has 0 atom stereocenters. The number of carbonyl (C=O) groups is 1. The quantitative estimate of drug-likeness (QED) is 0.537. The standard InChI is InChI=1S/C20H19ClN4O2/c1-13-9-16(12-23-24-20(26)15-5-4-8-22-11-15)14(2)25(13)17-6-7-19(27-3)18(21)10-17/h4-12H,1-3H3,(H,24,26)/b23-12-. The monoisotopic (exact) mass is 382 g/mol. The summed E-state index contributed by atoms with van der Waals surface area (Å²) in [7, 11) is 1.58. The summed E-state index contributed by atoms with van der Waals surface area (Å²) < 4.78 is 7.27. The number of rotatable bonds is 5. The summed E-state index contributed by atoms with van der Waals surface area (Å²) in [5, 5.41) is 4.60. The first kappa shape index (κ1) is 18.7. The normalized spacial score (nSPS) is 11.0. The Hall–Kier alpha value is -3.12. The number of hydrogen-bond donors (Lipinski definition) is 1. The molecule has 0 aliphatic rings. The number of carbonyl (C=O) groups excluding carboxylic acids is 1. The molecule has 1 N–H and O–H groups in total. The number of amides is 1. The van der Waals surface area contributed by atoms with Gasteiger partial charge in [0.05, 0.1) is 23.9 Å². The SMILES string of the molecule is COc1ccc(-n2c(C)cc(/C=N\NC(=O)c3cccnc3)c2C)cc1Cl. The molecule has 3 rings (SSSR count). The van der Waals surface area contributed by atoms with E-state index < -0.39 is 0 Å². The summed E-state index contributed by atoms with van der Waals surface area (Å²) in [4.78, 5) is 15.9. The van der Waals surface area contributed by atoms with E-state index >= 15 is 0 Å². The maximum Gasteiger partial charge on any atom is 0.272 e. The Kier molecular flexibility index (Phi) is 5.57. The number of methoxy groups -OCH3 is 1. The van der Waals surface area contributed by atoms with Crippen LogP contribution < -0.4 is 10.2 Å². The van der Waals surface area contributed by atoms with Gasteiger partial charge in [-0.05, 0) is 50.2 Å². The number of hydrogen-bond acceptors (Lipinski definition) is 4. The van der Waals surface area contributed by atoms with E-state index in [1.165, 1.54) is 6.20 Å². The van der Waals surface area contributed by atoms with E-state index in [0.717, 1.165) is 22.6 Å². The number of pyridine rings is 1. The molecule has 0 radical (unpaired) electrons. The first-order chi connectivity index (χ1) is 13.0. The number of ether oxygens (including phenoxy) is 1. The van der Waals surface area contributed by atoms with Crippen molar-refractivity contribution in [3.05, 3.63) is 76.3 Å². The molecule has 0 saturated carbocycles. The van der Waals surface area contributed by atoms with Crippen LogP contribution in [0.3, 0.4) is 0 Å². The van der Waals surface area contributed by atoms with Crippen molar-refractivity contribution in [3.8, 4) is 11.4 Å². The van der Waals surface area contributed by atoms with Crippen LogP contribution in [-0.4, -0.2) is 28.8 Å². The molecule has 2 heterocycles. The zero-order chi connectivity index (χ0) is 19.4. The Morgan fingerprint density at radius 2 is 2.11 bits per heavy atom. The summed E-state index contributed by atoms with van der Waals surface area (Å²) in [5.74, 6) is 0.317. The molecule has 1 amide bonds. The van der Waals surface area contributed by atoms with Crippen molar-refractivity contribution in [2.45, 2.75) is 13.8 Å². The minimum Gasteiger partial charge on any atom is -0.495 e. The van der Waals surface area contributed by atoms with Gasteiger partial charge in [-0.3, -0.25) is 9.78 Å². The van der Waals surface area contributed by atoms with Crippen molar-refractivity contribution >= 4 is 23.7 Å². The average Bonchev–Trinajstić information content (AvgIpc) is 2.95. The second kappa shape index (κ2) is 8.05. The van der Waals surface area contributed by atoms with E-state index in [4.69, 9.17) is 16.3 Å². The lowest BCUT2D eigenvalue weighted by atomic mass is 10.2. The molecule has 138 valence electrons. The van der Waals surface area contributed by atoms with Crippen LogP contribution >= 0.6 is 11.6 Å². The predicted octanol–water partition coefficient (Wildman–Crippen LogP) is 3.92. The van der Waals surface area contributed by atoms with Crippen LogP contribution in [0.25, 0.3) is 5.69 Å². The predicted molar refractivity (Wildman–Crippen MR) is 106 cm³/mol. The van der Waals surface area contributed by atoms with Crippen LogP contribution in [-0.2, 0) is 0 Å². The number of nitrogens with zero attached hydrogens (tertiary/aromatic N) is 3. The molecule has 2 aromatic heterocycles. The molecule has 0 aliphatic carbocycles. The Bertz CT molecular complexity index is 997. The highest BCUT2D eigenvalue weighted by atomic mass is 35.5. The molecular weight excluding hydrogens is 364 g/mol. The van der Waals surface area contributed by atoms with E-state index in [1.807, 2.05) is 38.1 Å². The summed E-state index contributed by atoms with van der Waals surface area (Å²) >= 11 is 6.25. The minimum atomic E-state index is -0.310. The molecule has 0 bridgehead atoms. The number of nitrogens with one attached hydrogen (secondary N) is 1. The van der Waals surface area contributed by atoms with Gasteiger partial charge in [0.2, 0.25) is 0 Å². The van der Waals surface area contributed by atoms with Gasteiger partial charge < -0.3 is 9.30 Å². The molecule has 0 saturated heterocycles. The molecular formula is C20H19ClN4O2. The second-order valence-electron chi connectivity index (χ2n) is 5.92. The molecule has 7 heteroatoms. The van der Waals surface area contributed by atoms with Gasteiger partial charge in [-0.15, -0.1) is 0 Å². The Balaban J connectivity index is 1.81. The second-order valence-corrected chi connectivity index (χ2v) is 6.33. The Morgan fingerprint density at radius 1 is 1.30 bits per heavy atom. The van der Waals surface area contributed by atoms with Gasteiger partial charge in [-0.1, -0.05) is 11.6 Å². The smallest absolute Gasteiger partial charge is 0.272 e. The number of aryl methyl sites for hydroxylation is 1. The number of hydrazone groups is 1. The molecule has 0 unspecified atom stereocenters. The van der Waals surface area contributed by atoms with Gasteiger partial charge >= 0.3 is 0 Å². The molecule has 3 aromatic rings. The van der Waals surface area contributed by atoms with Gasteiger partial charge in [0.25, 0.3) is 5.91 Å². The third-order valence-electron chi connectivity index (χ3n) is 4.16. The third-order valence-corrected chi connectivity index (χ3v) is 4.45. The molecule has 0 spiro atoms. The van der Waals surface area contributed by atoms with E-state index in [9.17, 15) is 4.79 Å². The largest absolute Gasteiger partial charge is 0.495 e. The number of halogens is 1. The van der Waals surface area contributed by atoms with Crippen molar-refractivity contribution in [2.75, 3.05) is 7.11 Å². The number of benzene rings is 1. The topological polar surface area (TPSA) is 68.5 Å². The van der Waals surface area contributed by atoms with Gasteiger partial charge in [0, 0.05) is 35.0 Å². The highest BCUT2D eigenvalue weighted by Crippen LogP contribution is 2.28. The fourth-order valence-corrected chi connectivity index (χ4v) is 3.08. The van der Waals surface area contributed by atoms with Gasteiger partial charge in [0.15, 0.2) is 0 Å². The fourth-order valence-electron chi connectivity index (χ4n) is 2.83. The summed E-state index contributed by atoms with van der Waals surface area (Å²) in [5.41, 5.74) is 6.78. The zero-order valence-electron chi connectivity index (χ0n) is 15.2. The van der Waals surface area contributed by atoms with Crippen LogP contribution in [0, 0.1) is 13.8 Å². The van der Waals surface area contributed by atoms with Crippen molar-refractivity contribution < 1.29 is 9.53 Å². The van der Waals surface area contributed by atoms with Crippen LogP contribution in [0.5, 0.6) is 5.75 Å². The first-order valence-electron chi connectivity index (χ1n) is 8.27. The third kappa shape index (κ3) is 4.01. The van der Waals surface area contributed by atoms with Crippen molar-refractivity contribution in [2.24, 2.45) is 5.10 Å². The van der Waals surface area contributed by atoms with E-state index in [-0.39, 0.29) is 5.91 Å². The van der Waals surface area contributed by atoms with E-state index in [2.05, 4.69) is 20.1 Å². The lowest BCUT2D eigenvalue weighted by Crippen LogP contribution is -2.17. The molecule has 0 aliphatic heterocycles. The van der Waals surface area contributed by atoms with Gasteiger partial charge in [0.1, 0.15) is 5.75 Å². The van der Waals surface area contributed by atoms with E-state index in [1.54, 1.807) is 31.7 Å². The van der Waals surface area contributed by atoms with Crippen LogP contribution in [0.4, 0.5) is 0 Å². The van der Waals surface area contributed by atoms with E-state index in [0.29, 0.717) is 16.3 Å². The lowest BCUT2D eigenvalue weighted by molar-refractivity contribution is 0.0955. The molecule has 27 heavy (non-hydrogen) atoms. The van der Waals surface area contributed by atoms with Crippen LogP contribution in [0.15, 0.2) is 53.9 Å². The first-order valence-corrected chi connectivity index (χ1v) is 8.65. The molecule has 6 nitrogen and oxygen atoms in total. The lowest BCUT2D eigenvalue weighted by Gasteiger charge is -2.11. The highest BCUT2D eigenvalue weighted by Gasteiger charge is 2.11. The number of aromatic nitrogens is 2. The Labute approximate surface area is 162 Å². The van der Waals surface area contributed by atoms with Gasteiger partial charge in [-0.2, -0.15) is 5.10 Å². The van der Waals surface area contributed by atoms with Crippen molar-refractivity contribution in [1.29, 1.82) is 0 Å². The maximum atomic E-state index is 12.0. The zero-order valence-corrected chi connectivity index (χ0v) is 16.0. The van der Waals surface area contributed by atoms with Crippen LogP contribution in [0.1, 0.15) is 27.3 Å². The summed E-state index contributed by atoms with van der Waals surface area (Å²) in [6.45, 7) is 3.98. The highest BCUT2D eigenvalue weighted by molar-refractivity contribution is 6.32. The maximum absolute atomic E-state index is 12.0. The Morgan fingerprint density at radius 3 is 2.78 bits per heavy atom. The molecule has 1 aromatic carbocycles. The summed E-state index contributed by atoms with van der Waals surface area (Å²) in [6, 6.07) is 11.0. The average molecular weight is 383 g/mol. The fraction of sp³-hybridized carbons (Fsp3) is 0.150. The van der Waals surface area contributed by atoms with Crippen molar-refractivity contribution in [1.82, 2.24) is 15.0 Å². The molecule has 0 fully saturated rings.